The summed E-state index contributed by atoms with van der Waals surface area (Å²) >= 11 is 3.55. The van der Waals surface area contributed by atoms with E-state index in [1.807, 2.05) is 63.3 Å². The van der Waals surface area contributed by atoms with Crippen LogP contribution in [0.5, 0.6) is 0 Å². The quantitative estimate of drug-likeness (QED) is 0.396. The Morgan fingerprint density at radius 1 is 1.07 bits per heavy atom. The Balaban J connectivity index is 1.62. The second-order valence-electron chi connectivity index (χ2n) is 11.7. The van der Waals surface area contributed by atoms with Crippen LogP contribution in [0.1, 0.15) is 45.3 Å². The summed E-state index contributed by atoms with van der Waals surface area (Å²) in [5.74, 6) is -3.55. The van der Waals surface area contributed by atoms with Crippen LogP contribution in [0.4, 0.5) is 0 Å². The number of likely N-dealkylation sites (tertiary alicyclic amines) is 1. The highest BCUT2D eigenvalue weighted by Gasteiger charge is 2.75. The van der Waals surface area contributed by atoms with E-state index >= 15 is 0 Å². The molecule has 0 unspecified atom stereocenters. The molecule has 2 saturated heterocycles. The number of carbonyl (C=O) groups excluding carboxylic acids is 4. The van der Waals surface area contributed by atoms with Crippen molar-refractivity contribution in [2.24, 2.45) is 11.8 Å². The first-order valence-corrected chi connectivity index (χ1v) is 15.3. The molecule has 4 aliphatic rings. The van der Waals surface area contributed by atoms with Gasteiger partial charge < -0.3 is 29.3 Å². The average molecular weight is 645 g/mol. The van der Waals surface area contributed by atoms with Gasteiger partial charge in [0, 0.05) is 37.1 Å². The first-order chi connectivity index (χ1) is 20.0. The van der Waals surface area contributed by atoms with Gasteiger partial charge in [-0.1, -0.05) is 58.4 Å². The number of aliphatic hydroxyl groups is 1. The standard InChI is InChI=1S/C31H38BrN3O7/c1-18(2)34-14-10-6-9-13-22(37)33(4)19(3)25(20-11-7-5-8-12-20)41-30(40)23-24-28(38)35(15-16-36)27(29(34)39)31(24)17-21(32)26(23)42-31/h5-8,10-12,17-19,23-27,36H,9,13-16H2,1-4H3/b10-6-/t19-,23+,24-,25+,26+,27+,31-/m1/s1. The van der Waals surface area contributed by atoms with Gasteiger partial charge in [0.25, 0.3) is 0 Å². The van der Waals surface area contributed by atoms with Gasteiger partial charge in [-0.3, -0.25) is 19.2 Å². The van der Waals surface area contributed by atoms with E-state index in [2.05, 4.69) is 15.9 Å². The normalized spacial score (nSPS) is 34.6. The molecule has 0 radical (unpaired) electrons. The van der Waals surface area contributed by atoms with Gasteiger partial charge in [0.05, 0.1) is 18.6 Å². The maximum absolute atomic E-state index is 14.3. The highest BCUT2D eigenvalue weighted by Crippen LogP contribution is 2.59. The summed E-state index contributed by atoms with van der Waals surface area (Å²) in [6.45, 7) is 5.45. The zero-order valence-corrected chi connectivity index (χ0v) is 25.9. The Morgan fingerprint density at radius 2 is 1.79 bits per heavy atom. The summed E-state index contributed by atoms with van der Waals surface area (Å²) in [6, 6.07) is 7.42. The fourth-order valence-electron chi connectivity index (χ4n) is 6.74. The molecule has 11 heteroatoms. The largest absolute Gasteiger partial charge is 0.455 e. The monoisotopic (exact) mass is 643 g/mol. The predicted octanol–water partition coefficient (Wildman–Crippen LogP) is 2.57. The molecule has 7 atom stereocenters. The Hall–Kier alpha value is -3.02. The van der Waals surface area contributed by atoms with E-state index in [0.29, 0.717) is 16.5 Å². The minimum absolute atomic E-state index is 0.0763. The number of allylic oxidation sites excluding steroid dienone is 1. The topological polar surface area (TPSA) is 117 Å². The lowest BCUT2D eigenvalue weighted by Gasteiger charge is -2.37. The fourth-order valence-corrected chi connectivity index (χ4v) is 7.47. The predicted molar refractivity (Wildman–Crippen MR) is 157 cm³/mol. The van der Waals surface area contributed by atoms with Gasteiger partial charge in [-0.15, -0.1) is 0 Å². The van der Waals surface area contributed by atoms with Crippen LogP contribution in [0, 0.1) is 11.8 Å². The summed E-state index contributed by atoms with van der Waals surface area (Å²) in [6.07, 6.45) is 4.59. The summed E-state index contributed by atoms with van der Waals surface area (Å²) in [5, 5.41) is 9.89. The number of cyclic esters (lactones) is 1. The fraction of sp³-hybridized carbons (Fsp3) is 0.548. The number of amides is 3. The summed E-state index contributed by atoms with van der Waals surface area (Å²) in [4.78, 5) is 60.2. The van der Waals surface area contributed by atoms with Crippen molar-refractivity contribution in [3.8, 4) is 0 Å². The molecule has 0 aliphatic carbocycles. The molecule has 4 heterocycles. The highest BCUT2D eigenvalue weighted by atomic mass is 79.9. The lowest BCUT2D eigenvalue weighted by molar-refractivity contribution is -0.164. The lowest BCUT2D eigenvalue weighted by atomic mass is 9.74. The van der Waals surface area contributed by atoms with E-state index < -0.39 is 53.6 Å². The van der Waals surface area contributed by atoms with Crippen LogP contribution in [-0.2, 0) is 28.7 Å². The minimum atomic E-state index is -1.40. The Morgan fingerprint density at radius 3 is 2.45 bits per heavy atom. The molecule has 1 N–H and O–H groups in total. The molecule has 1 aromatic carbocycles. The van der Waals surface area contributed by atoms with Crippen LogP contribution in [-0.4, -0.2) is 100 Å². The van der Waals surface area contributed by atoms with Crippen molar-refractivity contribution in [2.45, 2.75) is 69.5 Å². The van der Waals surface area contributed by atoms with E-state index in [0.717, 1.165) is 0 Å². The number of nitrogens with zero attached hydrogens (tertiary/aromatic N) is 3. The molecular weight excluding hydrogens is 606 g/mol. The van der Waals surface area contributed by atoms with Gasteiger partial charge in [-0.05, 0) is 38.8 Å². The van der Waals surface area contributed by atoms with E-state index in [1.54, 1.807) is 22.9 Å². The lowest BCUT2D eigenvalue weighted by Crippen LogP contribution is -2.57. The summed E-state index contributed by atoms with van der Waals surface area (Å²) in [7, 11) is 1.70. The molecule has 10 nitrogen and oxygen atoms in total. The number of benzene rings is 1. The molecule has 1 aromatic rings. The number of rotatable bonds is 4. The molecule has 3 amide bonds. The van der Waals surface area contributed by atoms with E-state index in [1.165, 1.54) is 4.90 Å². The minimum Gasteiger partial charge on any atom is -0.455 e. The van der Waals surface area contributed by atoms with Gasteiger partial charge in [-0.2, -0.15) is 0 Å². The van der Waals surface area contributed by atoms with Gasteiger partial charge >= 0.3 is 5.97 Å². The molecule has 5 rings (SSSR count). The van der Waals surface area contributed by atoms with Crippen LogP contribution >= 0.6 is 15.9 Å². The third kappa shape index (κ3) is 4.99. The molecule has 2 fully saturated rings. The van der Waals surface area contributed by atoms with Crippen molar-refractivity contribution in [3.63, 3.8) is 0 Å². The number of β-amino-alcohol motifs (C(OH)–C–C–N with tert-alkyl or cyclic N) is 1. The maximum Gasteiger partial charge on any atom is 0.313 e. The number of likely N-dealkylation sites (N-methyl/N-ethyl adjacent to an activating group) is 1. The second kappa shape index (κ2) is 11.9. The number of halogens is 1. The molecule has 226 valence electrons. The van der Waals surface area contributed by atoms with Crippen LogP contribution in [0.25, 0.3) is 0 Å². The third-order valence-electron chi connectivity index (χ3n) is 8.99. The Bertz CT molecular complexity index is 1300. The number of hydrogen-bond donors (Lipinski definition) is 1. The zero-order chi connectivity index (χ0) is 30.3. The number of esters is 1. The summed E-state index contributed by atoms with van der Waals surface area (Å²) < 4.78 is 13.3. The second-order valence-corrected chi connectivity index (χ2v) is 12.6. The third-order valence-corrected chi connectivity index (χ3v) is 9.67. The van der Waals surface area contributed by atoms with Crippen LogP contribution in [0.15, 0.2) is 53.0 Å². The van der Waals surface area contributed by atoms with E-state index in [-0.39, 0.29) is 44.0 Å². The molecule has 42 heavy (non-hydrogen) atoms. The smallest absolute Gasteiger partial charge is 0.313 e. The molecule has 1 spiro atoms. The number of hydrogen-bond acceptors (Lipinski definition) is 7. The Labute approximate surface area is 254 Å². The zero-order valence-electron chi connectivity index (χ0n) is 24.3. The van der Waals surface area contributed by atoms with Crippen molar-refractivity contribution in [1.29, 1.82) is 0 Å². The van der Waals surface area contributed by atoms with Crippen LogP contribution < -0.4 is 0 Å². The van der Waals surface area contributed by atoms with Crippen LogP contribution in [0.3, 0.4) is 0 Å². The highest BCUT2D eigenvalue weighted by molar-refractivity contribution is 9.11. The first kappa shape index (κ1) is 30.4. The molecular formula is C31H38BrN3O7. The molecule has 4 aliphatic heterocycles. The summed E-state index contributed by atoms with van der Waals surface area (Å²) in [5.41, 5.74) is -0.688. The van der Waals surface area contributed by atoms with Crippen LogP contribution in [0.2, 0.25) is 0 Å². The molecule has 5 bridgehead atoms. The maximum atomic E-state index is 14.3. The van der Waals surface area contributed by atoms with Crippen molar-refractivity contribution >= 4 is 39.6 Å². The molecule has 0 saturated carbocycles. The number of ether oxygens (including phenoxy) is 2. The van der Waals surface area contributed by atoms with Gasteiger partial charge in [0.2, 0.25) is 17.7 Å². The van der Waals surface area contributed by atoms with Crippen molar-refractivity contribution in [2.75, 3.05) is 26.7 Å². The van der Waals surface area contributed by atoms with Crippen molar-refractivity contribution < 1.29 is 33.8 Å². The number of aliphatic hydroxyl groups excluding tert-OH is 1. The molecule has 0 aromatic heterocycles. The Kier molecular flexibility index (Phi) is 8.65. The van der Waals surface area contributed by atoms with E-state index in [4.69, 9.17) is 9.47 Å². The SMILES string of the molecule is CC(C)N1C/C=C\CCC(=O)N(C)[C@H](C)[C@@H](c2ccccc2)OC(=O)[C@@H]2[C@H]3O[C@@]4(C=C3Br)[C@H](C1=O)N(CCO)C(=O)[C@@H]24. The van der Waals surface area contributed by atoms with Gasteiger partial charge in [0.15, 0.2) is 0 Å². The number of carbonyl (C=O) groups is 4. The number of fused-ring (bicyclic) bond motifs is 2. The van der Waals surface area contributed by atoms with Gasteiger partial charge in [0.1, 0.15) is 29.8 Å². The van der Waals surface area contributed by atoms with E-state index in [9.17, 15) is 24.3 Å². The van der Waals surface area contributed by atoms with Crippen molar-refractivity contribution in [3.05, 3.63) is 58.6 Å². The average Bonchev–Trinajstić information content (AvgIpc) is 3.55. The van der Waals surface area contributed by atoms with Gasteiger partial charge in [-0.25, -0.2) is 0 Å². The first-order valence-electron chi connectivity index (χ1n) is 14.5. The van der Waals surface area contributed by atoms with Crippen molar-refractivity contribution in [1.82, 2.24) is 14.7 Å².